The van der Waals surface area contributed by atoms with Gasteiger partial charge in [0, 0.05) is 60.8 Å². The number of benzene rings is 1. The molecule has 0 bridgehead atoms. The molecule has 3 aromatic rings. The number of rotatable bonds is 7. The van der Waals surface area contributed by atoms with Crippen molar-refractivity contribution in [2.45, 2.75) is 25.4 Å². The molecule has 5 rings (SSSR count). The molecule has 2 aliphatic heterocycles. The van der Waals surface area contributed by atoms with Crippen LogP contribution < -0.4 is 21.3 Å². The summed E-state index contributed by atoms with van der Waals surface area (Å²) < 4.78 is 7.50. The van der Waals surface area contributed by atoms with Crippen LogP contribution in [-0.4, -0.2) is 68.8 Å². The van der Waals surface area contributed by atoms with Crippen LogP contribution in [-0.2, 0) is 16.1 Å². The van der Waals surface area contributed by atoms with Crippen LogP contribution in [0.2, 0.25) is 0 Å². The van der Waals surface area contributed by atoms with Crippen molar-refractivity contribution in [1.82, 2.24) is 23.4 Å². The summed E-state index contributed by atoms with van der Waals surface area (Å²) in [6, 6.07) is 9.42. The average molecular weight is 628 g/mol. The molecule has 0 saturated carbocycles. The summed E-state index contributed by atoms with van der Waals surface area (Å²) in [5, 5.41) is 5.91. The molecule has 2 fully saturated rings. The van der Waals surface area contributed by atoms with E-state index in [1.165, 1.54) is 0 Å². The first-order valence-corrected chi connectivity index (χ1v) is 13.5. The summed E-state index contributed by atoms with van der Waals surface area (Å²) in [5.41, 5.74) is 9.77. The zero-order valence-corrected chi connectivity index (χ0v) is 22.9. The van der Waals surface area contributed by atoms with E-state index >= 15 is 0 Å². The standard InChI is InChI=1S/C26H29IN8O3/c27-35-9-1-2-22(35)25(36)31-14-17-3-5-18(6-4-17)19-16-30-24(28)23(32-19)26(37)33-20-15-29-8-7-21(20)34-10-12-38-13-11-34/h3-8,15-16,22H,1-2,9-14H2,(H2,28,30)(H,31,36)(H,33,37)/t22-/m0/s1. The molecule has 0 radical (unpaired) electrons. The number of hydrogen-bond donors (Lipinski definition) is 3. The molecule has 198 valence electrons. The number of nitrogens with one attached hydrogen (secondary N) is 2. The number of halogens is 1. The lowest BCUT2D eigenvalue weighted by Gasteiger charge is -2.30. The van der Waals surface area contributed by atoms with Gasteiger partial charge in [-0.1, -0.05) is 24.3 Å². The number of amides is 2. The van der Waals surface area contributed by atoms with Crippen LogP contribution in [0.4, 0.5) is 17.2 Å². The largest absolute Gasteiger partial charge is 0.382 e. The maximum atomic E-state index is 13.2. The minimum absolute atomic E-state index is 0.0375. The van der Waals surface area contributed by atoms with Gasteiger partial charge < -0.3 is 26.0 Å². The molecule has 0 spiro atoms. The van der Waals surface area contributed by atoms with E-state index in [0.29, 0.717) is 31.1 Å². The quantitative estimate of drug-likeness (QED) is 0.266. The normalized spacial score (nSPS) is 17.8. The van der Waals surface area contributed by atoms with E-state index in [-0.39, 0.29) is 23.5 Å². The van der Waals surface area contributed by atoms with E-state index < -0.39 is 5.91 Å². The highest BCUT2D eigenvalue weighted by atomic mass is 127. The molecule has 12 heteroatoms. The Bertz CT molecular complexity index is 1300. The Hall–Kier alpha value is -3.36. The fraction of sp³-hybridized carbons (Fsp3) is 0.346. The first-order chi connectivity index (χ1) is 18.5. The molecule has 2 saturated heterocycles. The zero-order valence-electron chi connectivity index (χ0n) is 20.8. The average Bonchev–Trinajstić information content (AvgIpc) is 3.39. The molecule has 4 heterocycles. The zero-order chi connectivity index (χ0) is 26.5. The van der Waals surface area contributed by atoms with Gasteiger partial charge in [-0.2, -0.15) is 0 Å². The third kappa shape index (κ3) is 6.03. The molecule has 38 heavy (non-hydrogen) atoms. The maximum absolute atomic E-state index is 13.2. The number of nitrogen functional groups attached to an aromatic ring is 1. The van der Waals surface area contributed by atoms with E-state index in [1.807, 2.05) is 30.3 Å². The van der Waals surface area contributed by atoms with Crippen molar-refractivity contribution < 1.29 is 14.3 Å². The number of hydrogen-bond acceptors (Lipinski definition) is 9. The second kappa shape index (κ2) is 12.0. The molecule has 2 aromatic heterocycles. The van der Waals surface area contributed by atoms with Crippen LogP contribution in [0.3, 0.4) is 0 Å². The molecular formula is C26H29IN8O3. The summed E-state index contributed by atoms with van der Waals surface area (Å²) in [5.74, 6) is -0.375. The lowest BCUT2D eigenvalue weighted by molar-refractivity contribution is -0.123. The van der Waals surface area contributed by atoms with Crippen LogP contribution in [0.1, 0.15) is 28.9 Å². The summed E-state index contributed by atoms with van der Waals surface area (Å²) in [6.45, 7) is 4.07. The number of nitrogens with zero attached hydrogens (tertiary/aromatic N) is 5. The van der Waals surface area contributed by atoms with E-state index in [9.17, 15) is 9.59 Å². The van der Waals surface area contributed by atoms with E-state index in [2.05, 4.69) is 56.5 Å². The van der Waals surface area contributed by atoms with Crippen molar-refractivity contribution in [3.05, 3.63) is 60.2 Å². The van der Waals surface area contributed by atoms with E-state index in [4.69, 9.17) is 10.5 Å². The van der Waals surface area contributed by atoms with Gasteiger partial charge in [0.1, 0.15) is 0 Å². The second-order valence-corrected chi connectivity index (χ2v) is 10.4. The highest BCUT2D eigenvalue weighted by molar-refractivity contribution is 14.1. The Balaban J connectivity index is 1.27. The van der Waals surface area contributed by atoms with Crippen LogP contribution >= 0.6 is 22.9 Å². The maximum Gasteiger partial charge on any atom is 0.278 e. The van der Waals surface area contributed by atoms with Gasteiger partial charge in [-0.15, -0.1) is 0 Å². The predicted octanol–water partition coefficient (Wildman–Crippen LogP) is 2.64. The number of aromatic nitrogens is 3. The van der Waals surface area contributed by atoms with Crippen molar-refractivity contribution in [2.75, 3.05) is 48.8 Å². The highest BCUT2D eigenvalue weighted by Crippen LogP contribution is 2.27. The summed E-state index contributed by atoms with van der Waals surface area (Å²) in [6.07, 6.45) is 6.76. The molecule has 0 unspecified atom stereocenters. The molecule has 1 aromatic carbocycles. The minimum atomic E-state index is -0.463. The van der Waals surface area contributed by atoms with Crippen molar-refractivity contribution in [1.29, 1.82) is 0 Å². The number of pyridine rings is 1. The van der Waals surface area contributed by atoms with Gasteiger partial charge in [0.25, 0.3) is 5.91 Å². The van der Waals surface area contributed by atoms with Gasteiger partial charge in [-0.25, -0.2) is 13.1 Å². The van der Waals surface area contributed by atoms with Gasteiger partial charge in [0.2, 0.25) is 5.91 Å². The fourth-order valence-corrected chi connectivity index (χ4v) is 5.41. The Morgan fingerprint density at radius 1 is 1.11 bits per heavy atom. The van der Waals surface area contributed by atoms with Gasteiger partial charge in [-0.3, -0.25) is 14.6 Å². The molecule has 1 atom stereocenters. The first-order valence-electron chi connectivity index (χ1n) is 12.5. The summed E-state index contributed by atoms with van der Waals surface area (Å²) in [4.78, 5) is 40.7. The SMILES string of the molecule is Nc1ncc(-c2ccc(CNC(=O)[C@@H]3CCCN3I)cc2)nc1C(=O)Nc1cnccc1N1CCOCC1. The van der Waals surface area contributed by atoms with E-state index in [0.717, 1.165) is 49.3 Å². The number of anilines is 3. The van der Waals surface area contributed by atoms with Crippen molar-refractivity contribution >= 4 is 51.9 Å². The van der Waals surface area contributed by atoms with Gasteiger partial charge >= 0.3 is 0 Å². The second-order valence-electron chi connectivity index (χ2n) is 9.13. The molecule has 11 nitrogen and oxygen atoms in total. The molecule has 2 amide bonds. The van der Waals surface area contributed by atoms with Crippen LogP contribution in [0, 0.1) is 0 Å². The third-order valence-corrected chi connectivity index (χ3v) is 7.78. The Kier molecular flexibility index (Phi) is 8.29. The van der Waals surface area contributed by atoms with Gasteiger partial charge in [-0.05, 0) is 24.5 Å². The number of carbonyl (C=O) groups excluding carboxylic acids is 2. The topological polar surface area (TPSA) is 139 Å². The Morgan fingerprint density at radius 2 is 1.89 bits per heavy atom. The van der Waals surface area contributed by atoms with Gasteiger partial charge in [0.15, 0.2) is 11.5 Å². The Morgan fingerprint density at radius 3 is 2.63 bits per heavy atom. The third-order valence-electron chi connectivity index (χ3n) is 6.62. The molecular weight excluding hydrogens is 599 g/mol. The van der Waals surface area contributed by atoms with Gasteiger partial charge in [0.05, 0.1) is 48.7 Å². The lowest BCUT2D eigenvalue weighted by atomic mass is 10.1. The van der Waals surface area contributed by atoms with Crippen LogP contribution in [0.25, 0.3) is 11.3 Å². The highest BCUT2D eigenvalue weighted by Gasteiger charge is 2.28. The van der Waals surface area contributed by atoms with Crippen LogP contribution in [0.5, 0.6) is 0 Å². The van der Waals surface area contributed by atoms with Crippen molar-refractivity contribution in [3.8, 4) is 11.3 Å². The van der Waals surface area contributed by atoms with E-state index in [1.54, 1.807) is 18.6 Å². The predicted molar refractivity (Wildman–Crippen MR) is 153 cm³/mol. The van der Waals surface area contributed by atoms with Crippen molar-refractivity contribution in [2.24, 2.45) is 0 Å². The van der Waals surface area contributed by atoms with Crippen molar-refractivity contribution in [3.63, 3.8) is 0 Å². The summed E-state index contributed by atoms with van der Waals surface area (Å²) >= 11 is 2.21. The number of carbonyl (C=O) groups is 2. The fourth-order valence-electron chi connectivity index (χ4n) is 4.54. The number of ether oxygens (including phenoxy) is 1. The number of nitrogens with two attached hydrogens (primary N) is 1. The monoisotopic (exact) mass is 628 g/mol. The molecule has 2 aliphatic rings. The smallest absolute Gasteiger partial charge is 0.278 e. The van der Waals surface area contributed by atoms with Crippen LogP contribution in [0.15, 0.2) is 48.9 Å². The lowest BCUT2D eigenvalue weighted by Crippen LogP contribution is -2.38. The molecule has 4 N–H and O–H groups in total. The Labute approximate surface area is 234 Å². The molecule has 0 aliphatic carbocycles. The first kappa shape index (κ1) is 26.3. The summed E-state index contributed by atoms with van der Waals surface area (Å²) in [7, 11) is 0. The minimum Gasteiger partial charge on any atom is -0.382 e. The number of morpholine rings is 1.